The smallest absolute Gasteiger partial charge is 0.0462 e. The van der Waals surface area contributed by atoms with Gasteiger partial charge in [0.1, 0.15) is 0 Å². The van der Waals surface area contributed by atoms with Gasteiger partial charge in [-0.05, 0) is 37.0 Å². The first-order chi connectivity index (χ1) is 4.40. The van der Waals surface area contributed by atoms with Gasteiger partial charge in [0, 0.05) is 6.61 Å². The normalized spacial score (nSPS) is 48.3. The summed E-state index contributed by atoms with van der Waals surface area (Å²) in [7, 11) is 0. The molecule has 1 nitrogen and oxygen atoms in total. The van der Waals surface area contributed by atoms with Crippen LogP contribution < -0.4 is 0 Å². The third-order valence-corrected chi connectivity index (χ3v) is 3.12. The van der Waals surface area contributed by atoms with Crippen molar-refractivity contribution < 1.29 is 5.11 Å². The standard InChI is InChI=1S/C8H14O/c9-5-8-4-6-1-2-7(8)3-6/h6-9H,1-5H2/t6-,7?,8?/m0/s1. The highest BCUT2D eigenvalue weighted by molar-refractivity contribution is 4.89. The summed E-state index contributed by atoms with van der Waals surface area (Å²) in [6.07, 6.45) is 5.59. The van der Waals surface area contributed by atoms with Crippen molar-refractivity contribution in [2.75, 3.05) is 6.61 Å². The van der Waals surface area contributed by atoms with E-state index in [1.807, 2.05) is 0 Å². The van der Waals surface area contributed by atoms with Crippen molar-refractivity contribution in [1.82, 2.24) is 0 Å². The van der Waals surface area contributed by atoms with Crippen LogP contribution in [0.4, 0.5) is 0 Å². The molecule has 0 saturated heterocycles. The Morgan fingerprint density at radius 1 is 1.22 bits per heavy atom. The highest BCUT2D eigenvalue weighted by Gasteiger charge is 2.38. The molecule has 2 bridgehead atoms. The summed E-state index contributed by atoms with van der Waals surface area (Å²) in [4.78, 5) is 0. The van der Waals surface area contributed by atoms with Crippen molar-refractivity contribution in [3.8, 4) is 0 Å². The van der Waals surface area contributed by atoms with E-state index in [2.05, 4.69) is 0 Å². The monoisotopic (exact) mass is 126 g/mol. The molecule has 0 aromatic rings. The van der Waals surface area contributed by atoms with Gasteiger partial charge in [-0.1, -0.05) is 6.42 Å². The molecule has 0 amide bonds. The predicted octanol–water partition coefficient (Wildman–Crippen LogP) is 1.41. The van der Waals surface area contributed by atoms with Gasteiger partial charge in [0.15, 0.2) is 0 Å². The zero-order valence-electron chi connectivity index (χ0n) is 5.71. The maximum absolute atomic E-state index is 8.89. The minimum absolute atomic E-state index is 0.446. The molecule has 0 radical (unpaired) electrons. The molecule has 0 aliphatic heterocycles. The topological polar surface area (TPSA) is 20.2 Å². The first-order valence-electron chi connectivity index (χ1n) is 4.01. The second-order valence-corrected chi connectivity index (χ2v) is 3.62. The van der Waals surface area contributed by atoms with Crippen LogP contribution in [0, 0.1) is 17.8 Å². The van der Waals surface area contributed by atoms with E-state index in [1.165, 1.54) is 25.7 Å². The van der Waals surface area contributed by atoms with Crippen molar-refractivity contribution in [2.24, 2.45) is 17.8 Å². The van der Waals surface area contributed by atoms with Gasteiger partial charge >= 0.3 is 0 Å². The third-order valence-electron chi connectivity index (χ3n) is 3.12. The lowest BCUT2D eigenvalue weighted by Crippen LogP contribution is -2.13. The summed E-state index contributed by atoms with van der Waals surface area (Å²) in [5.41, 5.74) is 0. The number of rotatable bonds is 1. The average molecular weight is 126 g/mol. The minimum atomic E-state index is 0.446. The van der Waals surface area contributed by atoms with Gasteiger partial charge in [0.25, 0.3) is 0 Å². The highest BCUT2D eigenvalue weighted by atomic mass is 16.3. The number of aliphatic hydroxyl groups excluding tert-OH is 1. The molecular weight excluding hydrogens is 112 g/mol. The van der Waals surface area contributed by atoms with Crippen molar-refractivity contribution >= 4 is 0 Å². The van der Waals surface area contributed by atoms with Gasteiger partial charge in [-0.25, -0.2) is 0 Å². The van der Waals surface area contributed by atoms with E-state index in [0.29, 0.717) is 12.5 Å². The summed E-state index contributed by atoms with van der Waals surface area (Å²) in [5.74, 6) is 2.58. The lowest BCUT2D eigenvalue weighted by molar-refractivity contribution is 0.177. The molecule has 0 aromatic heterocycles. The molecule has 1 N–H and O–H groups in total. The quantitative estimate of drug-likeness (QED) is 0.563. The second kappa shape index (κ2) is 1.98. The molecule has 2 saturated carbocycles. The Kier molecular flexibility index (Phi) is 1.26. The molecule has 2 aliphatic rings. The summed E-state index contributed by atoms with van der Waals surface area (Å²) in [5, 5.41) is 8.89. The average Bonchev–Trinajstić information content (AvgIpc) is 2.45. The van der Waals surface area contributed by atoms with Gasteiger partial charge < -0.3 is 5.11 Å². The van der Waals surface area contributed by atoms with E-state index in [1.54, 1.807) is 0 Å². The molecule has 0 spiro atoms. The Hall–Kier alpha value is -0.0400. The van der Waals surface area contributed by atoms with E-state index in [4.69, 9.17) is 5.11 Å². The van der Waals surface area contributed by atoms with Crippen molar-refractivity contribution in [3.63, 3.8) is 0 Å². The Labute approximate surface area is 56.1 Å². The van der Waals surface area contributed by atoms with Gasteiger partial charge in [0.05, 0.1) is 0 Å². The van der Waals surface area contributed by atoms with Crippen molar-refractivity contribution in [2.45, 2.75) is 25.7 Å². The summed E-state index contributed by atoms with van der Waals surface area (Å²) < 4.78 is 0. The van der Waals surface area contributed by atoms with E-state index < -0.39 is 0 Å². The maximum atomic E-state index is 8.89. The van der Waals surface area contributed by atoms with Crippen LogP contribution in [-0.4, -0.2) is 11.7 Å². The van der Waals surface area contributed by atoms with Crippen LogP contribution in [-0.2, 0) is 0 Å². The summed E-state index contributed by atoms with van der Waals surface area (Å²) in [6.45, 7) is 0.446. The summed E-state index contributed by atoms with van der Waals surface area (Å²) >= 11 is 0. The van der Waals surface area contributed by atoms with Gasteiger partial charge in [0.2, 0.25) is 0 Å². The molecular formula is C8H14O. The largest absolute Gasteiger partial charge is 0.396 e. The lowest BCUT2D eigenvalue weighted by atomic mass is 9.90. The number of fused-ring (bicyclic) bond motifs is 2. The summed E-state index contributed by atoms with van der Waals surface area (Å²) in [6, 6.07) is 0. The number of hydrogen-bond donors (Lipinski definition) is 1. The van der Waals surface area contributed by atoms with Crippen LogP contribution in [0.2, 0.25) is 0 Å². The number of hydrogen-bond acceptors (Lipinski definition) is 1. The molecule has 3 atom stereocenters. The van der Waals surface area contributed by atoms with Crippen LogP contribution in [0.5, 0.6) is 0 Å². The first kappa shape index (κ1) is 5.72. The van der Waals surface area contributed by atoms with Crippen LogP contribution >= 0.6 is 0 Å². The van der Waals surface area contributed by atoms with Gasteiger partial charge in [-0.3, -0.25) is 0 Å². The Morgan fingerprint density at radius 3 is 2.44 bits per heavy atom. The van der Waals surface area contributed by atoms with Crippen LogP contribution in [0.3, 0.4) is 0 Å². The molecule has 0 aromatic carbocycles. The molecule has 2 unspecified atom stereocenters. The van der Waals surface area contributed by atoms with Gasteiger partial charge in [-0.2, -0.15) is 0 Å². The SMILES string of the molecule is OCC1C[C@H]2CCC1C2. The predicted molar refractivity (Wildman–Crippen MR) is 36.0 cm³/mol. The molecule has 2 aliphatic carbocycles. The third kappa shape index (κ3) is 0.787. The fourth-order valence-corrected chi connectivity index (χ4v) is 2.60. The zero-order valence-corrected chi connectivity index (χ0v) is 5.71. The molecule has 2 fully saturated rings. The number of aliphatic hydroxyl groups is 1. The molecule has 52 valence electrons. The zero-order chi connectivity index (χ0) is 6.27. The lowest BCUT2D eigenvalue weighted by Gasteiger charge is -2.18. The van der Waals surface area contributed by atoms with Crippen LogP contribution in [0.1, 0.15) is 25.7 Å². The van der Waals surface area contributed by atoms with E-state index >= 15 is 0 Å². The van der Waals surface area contributed by atoms with E-state index in [-0.39, 0.29) is 0 Å². The van der Waals surface area contributed by atoms with E-state index in [0.717, 1.165) is 11.8 Å². The Balaban J connectivity index is 2.01. The first-order valence-corrected chi connectivity index (χ1v) is 4.01. The minimum Gasteiger partial charge on any atom is -0.396 e. The van der Waals surface area contributed by atoms with Crippen molar-refractivity contribution in [1.29, 1.82) is 0 Å². The molecule has 1 heteroatoms. The molecule has 9 heavy (non-hydrogen) atoms. The van der Waals surface area contributed by atoms with E-state index in [9.17, 15) is 0 Å². The maximum Gasteiger partial charge on any atom is 0.0462 e. The fraction of sp³-hybridized carbons (Fsp3) is 1.00. The Morgan fingerprint density at radius 2 is 2.11 bits per heavy atom. The molecule has 0 heterocycles. The second-order valence-electron chi connectivity index (χ2n) is 3.62. The Bertz CT molecular complexity index is 111. The molecule has 2 rings (SSSR count). The van der Waals surface area contributed by atoms with Crippen molar-refractivity contribution in [3.05, 3.63) is 0 Å². The fourth-order valence-electron chi connectivity index (χ4n) is 2.60. The van der Waals surface area contributed by atoms with Crippen LogP contribution in [0.15, 0.2) is 0 Å². The van der Waals surface area contributed by atoms with Gasteiger partial charge in [-0.15, -0.1) is 0 Å². The van der Waals surface area contributed by atoms with Crippen LogP contribution in [0.25, 0.3) is 0 Å². The highest BCUT2D eigenvalue weighted by Crippen LogP contribution is 2.47.